The molecule has 1 saturated carbocycles. The number of sulfonamides is 1. The first-order valence-electron chi connectivity index (χ1n) is 13.5. The molecule has 2 aliphatic rings. The van der Waals surface area contributed by atoms with E-state index < -0.39 is 28.2 Å². The molecule has 14 heteroatoms. The van der Waals surface area contributed by atoms with Crippen molar-refractivity contribution in [3.05, 3.63) is 60.3 Å². The van der Waals surface area contributed by atoms with E-state index in [0.717, 1.165) is 6.42 Å². The fourth-order valence-corrected chi connectivity index (χ4v) is 6.50. The first kappa shape index (κ1) is 29.0. The number of pyridine rings is 1. The molecule has 0 bridgehead atoms. The summed E-state index contributed by atoms with van der Waals surface area (Å²) < 4.78 is 74.6. The number of carbonyl (C=O) groups excluding carboxylic acids is 1. The molecule has 1 saturated heterocycles. The Hall–Kier alpha value is -3.55. The third-order valence-electron chi connectivity index (χ3n) is 7.95. The van der Waals surface area contributed by atoms with Crippen molar-refractivity contribution < 1.29 is 30.9 Å². The van der Waals surface area contributed by atoms with Crippen LogP contribution in [-0.4, -0.2) is 54.8 Å². The van der Waals surface area contributed by atoms with Crippen molar-refractivity contribution in [3.8, 4) is 11.7 Å². The highest BCUT2D eigenvalue weighted by Crippen LogP contribution is 2.64. The quantitative estimate of drug-likeness (QED) is 0.325. The molecule has 0 spiro atoms. The van der Waals surface area contributed by atoms with Crippen LogP contribution in [0.1, 0.15) is 56.8 Å². The molecule has 0 unspecified atom stereocenters. The minimum Gasteiger partial charge on any atom is -0.477 e. The Labute approximate surface area is 237 Å². The van der Waals surface area contributed by atoms with Gasteiger partial charge in [0.2, 0.25) is 5.88 Å². The molecule has 1 aliphatic carbocycles. The highest BCUT2D eigenvalue weighted by molar-refractivity contribution is 7.90. The molecule has 1 atom stereocenters. The molecule has 0 radical (unpaired) electrons. The fraction of sp³-hybridized carbons (Fsp3) is 0.444. The molecular formula is C27H32BF3N5O4S-. The highest BCUT2D eigenvalue weighted by atomic mass is 32.2. The van der Waals surface area contributed by atoms with E-state index in [1.165, 1.54) is 35.0 Å². The Bertz CT molecular complexity index is 1540. The summed E-state index contributed by atoms with van der Waals surface area (Å²) in [5.41, 5.74) is -0.280. The van der Waals surface area contributed by atoms with Gasteiger partial charge in [-0.1, -0.05) is 43.3 Å². The zero-order chi connectivity index (χ0) is 29.6. The van der Waals surface area contributed by atoms with Gasteiger partial charge in [-0.15, -0.1) is 5.10 Å². The predicted octanol–water partition coefficient (Wildman–Crippen LogP) is 5.16. The SMILES string of the molecule is C[C@@H]1CN(c2nc(-n3ccc(OCCC4([B-](F)(F)F)CC4)n3)ccc2C(=O)NS(=O)(=O)c2ccccc2)C(C)(C)C1. The molecule has 2 aromatic heterocycles. The lowest BCUT2D eigenvalue weighted by atomic mass is 9.67. The smallest absolute Gasteiger partial charge is 0.477 e. The number of rotatable bonds is 10. The zero-order valence-corrected chi connectivity index (χ0v) is 23.9. The number of hydrogen-bond donors (Lipinski definition) is 1. The molecule has 41 heavy (non-hydrogen) atoms. The largest absolute Gasteiger partial charge is 0.484 e. The van der Waals surface area contributed by atoms with Crippen LogP contribution in [0.4, 0.5) is 18.8 Å². The van der Waals surface area contributed by atoms with Crippen molar-refractivity contribution in [3.63, 3.8) is 0 Å². The van der Waals surface area contributed by atoms with Crippen LogP contribution < -0.4 is 14.4 Å². The zero-order valence-electron chi connectivity index (χ0n) is 23.1. The Morgan fingerprint density at radius 2 is 1.83 bits per heavy atom. The van der Waals surface area contributed by atoms with Crippen LogP contribution in [0, 0.1) is 5.92 Å². The Morgan fingerprint density at radius 1 is 1.12 bits per heavy atom. The lowest BCUT2D eigenvalue weighted by Crippen LogP contribution is -2.41. The van der Waals surface area contributed by atoms with Gasteiger partial charge in [-0.05, 0) is 56.9 Å². The van der Waals surface area contributed by atoms with E-state index in [1.54, 1.807) is 24.4 Å². The van der Waals surface area contributed by atoms with Gasteiger partial charge in [-0.3, -0.25) is 4.79 Å². The lowest BCUT2D eigenvalue weighted by Gasteiger charge is -2.34. The minimum absolute atomic E-state index is 0.0393. The van der Waals surface area contributed by atoms with Gasteiger partial charge in [0, 0.05) is 24.3 Å². The number of amides is 1. The van der Waals surface area contributed by atoms with Crippen LogP contribution in [0.25, 0.3) is 5.82 Å². The average molecular weight is 590 g/mol. The molecule has 2 fully saturated rings. The summed E-state index contributed by atoms with van der Waals surface area (Å²) in [6.07, 6.45) is 2.57. The Kier molecular flexibility index (Phi) is 7.33. The van der Waals surface area contributed by atoms with Gasteiger partial charge in [0.1, 0.15) is 5.82 Å². The van der Waals surface area contributed by atoms with Gasteiger partial charge in [0.25, 0.3) is 15.9 Å². The molecule has 1 aromatic carbocycles. The number of anilines is 1. The van der Waals surface area contributed by atoms with E-state index in [4.69, 9.17) is 9.72 Å². The second-order valence-corrected chi connectivity index (χ2v) is 13.3. The summed E-state index contributed by atoms with van der Waals surface area (Å²) in [7, 11) is -4.12. The van der Waals surface area contributed by atoms with Crippen LogP contribution in [0.15, 0.2) is 59.6 Å². The second-order valence-electron chi connectivity index (χ2n) is 11.7. The molecule has 3 heterocycles. The number of aromatic nitrogens is 3. The van der Waals surface area contributed by atoms with E-state index in [9.17, 15) is 26.2 Å². The maximum Gasteiger partial charge on any atom is 0.484 e. The number of halogens is 3. The molecular weight excluding hydrogens is 558 g/mol. The monoisotopic (exact) mass is 590 g/mol. The number of benzene rings is 1. The molecule has 5 rings (SSSR count). The number of hydrogen-bond acceptors (Lipinski definition) is 7. The van der Waals surface area contributed by atoms with Crippen LogP contribution in [0.3, 0.4) is 0 Å². The molecule has 220 valence electrons. The van der Waals surface area contributed by atoms with Gasteiger partial charge in [0.15, 0.2) is 5.82 Å². The summed E-state index contributed by atoms with van der Waals surface area (Å²) >= 11 is 0. The van der Waals surface area contributed by atoms with Crippen molar-refractivity contribution in [2.75, 3.05) is 18.1 Å². The van der Waals surface area contributed by atoms with Crippen LogP contribution in [0.5, 0.6) is 5.88 Å². The summed E-state index contributed by atoms with van der Waals surface area (Å²) in [4.78, 5) is 20.0. The Balaban J connectivity index is 1.40. The lowest BCUT2D eigenvalue weighted by molar-refractivity contribution is 0.0981. The van der Waals surface area contributed by atoms with E-state index in [0.29, 0.717) is 24.1 Å². The first-order chi connectivity index (χ1) is 19.2. The van der Waals surface area contributed by atoms with E-state index in [2.05, 4.69) is 16.7 Å². The van der Waals surface area contributed by atoms with Crippen LogP contribution in [-0.2, 0) is 10.0 Å². The number of nitrogens with zero attached hydrogens (tertiary/aromatic N) is 4. The summed E-state index contributed by atoms with van der Waals surface area (Å²) in [5.74, 6) is 0.285. The maximum atomic E-state index is 13.4. The maximum absolute atomic E-state index is 13.4. The summed E-state index contributed by atoms with van der Waals surface area (Å²) in [6, 6.07) is 12.2. The normalized spacial score (nSPS) is 19.7. The molecule has 1 aliphatic heterocycles. The van der Waals surface area contributed by atoms with Crippen molar-refractivity contribution in [2.45, 2.75) is 62.2 Å². The van der Waals surface area contributed by atoms with Crippen molar-refractivity contribution in [1.29, 1.82) is 0 Å². The van der Waals surface area contributed by atoms with Gasteiger partial charge in [-0.2, -0.15) is 0 Å². The summed E-state index contributed by atoms with van der Waals surface area (Å²) in [5, 5.41) is 2.72. The molecule has 1 amide bonds. The average Bonchev–Trinajstić information content (AvgIpc) is 3.47. The predicted molar refractivity (Wildman–Crippen MR) is 149 cm³/mol. The highest BCUT2D eigenvalue weighted by Gasteiger charge is 2.57. The van der Waals surface area contributed by atoms with Crippen molar-refractivity contribution in [2.24, 2.45) is 5.92 Å². The van der Waals surface area contributed by atoms with E-state index >= 15 is 0 Å². The minimum atomic E-state index is -4.92. The van der Waals surface area contributed by atoms with Gasteiger partial charge in [0.05, 0.1) is 17.1 Å². The van der Waals surface area contributed by atoms with Crippen molar-refractivity contribution in [1.82, 2.24) is 19.5 Å². The number of ether oxygens (including phenoxy) is 1. The van der Waals surface area contributed by atoms with Gasteiger partial charge < -0.3 is 22.6 Å². The Morgan fingerprint density at radius 3 is 2.44 bits per heavy atom. The molecule has 1 N–H and O–H groups in total. The third-order valence-corrected chi connectivity index (χ3v) is 9.30. The molecule has 3 aromatic rings. The standard InChI is InChI=1S/C27H32BF3N5O4S/c1-19-17-26(2,3)35(18-19)24-21(25(37)34-41(38,39)20-7-5-4-6-8-20)9-10-22(32-24)36-15-11-23(33-36)40-16-14-27(12-13-27)28(29,30)31/h4-11,15,19H,12-14,16-18H2,1-3H3,(H,34,37)/q-1/t19-/m0/s1. The van der Waals surface area contributed by atoms with Gasteiger partial charge in [-0.25, -0.2) is 22.8 Å². The topological polar surface area (TPSA) is 106 Å². The van der Waals surface area contributed by atoms with Crippen LogP contribution >= 0.6 is 0 Å². The first-order valence-corrected chi connectivity index (χ1v) is 15.0. The van der Waals surface area contributed by atoms with E-state index in [1.807, 2.05) is 18.7 Å². The summed E-state index contributed by atoms with van der Waals surface area (Å²) in [6.45, 7) is 1.73. The molecule has 9 nitrogen and oxygen atoms in total. The number of carbonyl (C=O) groups is 1. The van der Waals surface area contributed by atoms with E-state index in [-0.39, 0.29) is 47.7 Å². The second kappa shape index (κ2) is 10.4. The number of nitrogens with one attached hydrogen (secondary N) is 1. The van der Waals surface area contributed by atoms with Gasteiger partial charge >= 0.3 is 6.98 Å². The van der Waals surface area contributed by atoms with Crippen molar-refractivity contribution >= 4 is 28.7 Å². The van der Waals surface area contributed by atoms with Crippen LogP contribution in [0.2, 0.25) is 5.31 Å². The fourth-order valence-electron chi connectivity index (χ4n) is 5.52. The third kappa shape index (κ3) is 5.93.